The Balaban J connectivity index is 1.92. The number of nitrogens with zero attached hydrogens (tertiary/aromatic N) is 2. The summed E-state index contributed by atoms with van der Waals surface area (Å²) in [6.45, 7) is 6.07. The molecule has 1 aromatic rings. The lowest BCUT2D eigenvalue weighted by atomic mass is 9.94. The van der Waals surface area contributed by atoms with E-state index in [2.05, 4.69) is 24.3 Å². The van der Waals surface area contributed by atoms with Crippen LogP contribution in [0.4, 0.5) is 0 Å². The van der Waals surface area contributed by atoms with E-state index in [1.54, 1.807) is 0 Å². The predicted octanol–water partition coefficient (Wildman–Crippen LogP) is 1.08. The van der Waals surface area contributed by atoms with E-state index in [0.29, 0.717) is 0 Å². The number of ether oxygens (including phenoxy) is 1. The first-order chi connectivity index (χ1) is 7.10. The predicted molar refractivity (Wildman–Crippen MR) is 58.5 cm³/mol. The summed E-state index contributed by atoms with van der Waals surface area (Å²) in [6, 6.07) is 0. The number of aromatic nitrogens is 2. The second kappa shape index (κ2) is 3.94. The van der Waals surface area contributed by atoms with Crippen molar-refractivity contribution in [3.63, 3.8) is 0 Å². The van der Waals surface area contributed by atoms with Crippen LogP contribution in [-0.2, 0) is 18.3 Å². The molecule has 2 rings (SSSR count). The first kappa shape index (κ1) is 10.6. The third-order valence-corrected chi connectivity index (χ3v) is 3.34. The number of rotatable bonds is 3. The average Bonchev–Trinajstić information content (AvgIpc) is 2.73. The molecule has 0 radical (unpaired) electrons. The molecule has 2 atom stereocenters. The van der Waals surface area contributed by atoms with Crippen LogP contribution in [0.25, 0.3) is 0 Å². The van der Waals surface area contributed by atoms with E-state index in [-0.39, 0.29) is 11.6 Å². The van der Waals surface area contributed by atoms with Gasteiger partial charge in [0.25, 0.3) is 0 Å². The Labute approximate surface area is 90.6 Å². The maximum atomic E-state index is 5.58. The Morgan fingerprint density at radius 1 is 1.73 bits per heavy atom. The summed E-state index contributed by atoms with van der Waals surface area (Å²) in [5.41, 5.74) is 1.33. The zero-order valence-corrected chi connectivity index (χ0v) is 9.66. The minimum Gasteiger partial charge on any atom is -0.377 e. The molecule has 1 aliphatic rings. The number of hydrogen-bond donors (Lipinski definition) is 1. The monoisotopic (exact) mass is 209 g/mol. The highest BCUT2D eigenvalue weighted by Gasteiger charge is 2.36. The van der Waals surface area contributed by atoms with Gasteiger partial charge in [-0.3, -0.25) is 4.68 Å². The molecule has 4 nitrogen and oxygen atoms in total. The van der Waals surface area contributed by atoms with Crippen LogP contribution in [0.2, 0.25) is 0 Å². The molecule has 0 bridgehead atoms. The van der Waals surface area contributed by atoms with Gasteiger partial charge in [0.2, 0.25) is 0 Å². The van der Waals surface area contributed by atoms with Crippen LogP contribution in [-0.4, -0.2) is 28.0 Å². The summed E-state index contributed by atoms with van der Waals surface area (Å²) in [4.78, 5) is 0. The Hall–Kier alpha value is -0.870. The van der Waals surface area contributed by atoms with Gasteiger partial charge in [-0.1, -0.05) is 0 Å². The summed E-state index contributed by atoms with van der Waals surface area (Å²) in [5.74, 6) is 0. The molecule has 1 N–H and O–H groups in total. The second-order valence-electron chi connectivity index (χ2n) is 4.56. The average molecular weight is 209 g/mol. The summed E-state index contributed by atoms with van der Waals surface area (Å²) in [7, 11) is 1.94. The fourth-order valence-corrected chi connectivity index (χ4v) is 1.93. The maximum Gasteiger partial charge on any atom is 0.0726 e. The number of aryl methyl sites for hydroxylation is 1. The standard InChI is InChI=1S/C11H19N3O/c1-9-11(2,4-5-15-9)12-6-10-7-13-14(3)8-10/h7-9,12H,4-6H2,1-3H3. The Morgan fingerprint density at radius 3 is 3.07 bits per heavy atom. The smallest absolute Gasteiger partial charge is 0.0726 e. The van der Waals surface area contributed by atoms with Crippen molar-refractivity contribution < 1.29 is 4.74 Å². The highest BCUT2D eigenvalue weighted by Crippen LogP contribution is 2.25. The third-order valence-electron chi connectivity index (χ3n) is 3.34. The zero-order chi connectivity index (χ0) is 10.9. The molecule has 1 aliphatic heterocycles. The van der Waals surface area contributed by atoms with Gasteiger partial charge in [0.1, 0.15) is 0 Å². The highest BCUT2D eigenvalue weighted by molar-refractivity contribution is 5.05. The Bertz CT molecular complexity index is 336. The lowest BCUT2D eigenvalue weighted by Gasteiger charge is -2.28. The molecule has 0 aliphatic carbocycles. The number of nitrogens with one attached hydrogen (secondary N) is 1. The quantitative estimate of drug-likeness (QED) is 0.809. The summed E-state index contributed by atoms with van der Waals surface area (Å²) >= 11 is 0. The molecule has 1 saturated heterocycles. The van der Waals surface area contributed by atoms with Crippen LogP contribution in [0, 0.1) is 0 Å². The van der Waals surface area contributed by atoms with E-state index < -0.39 is 0 Å². The van der Waals surface area contributed by atoms with Crippen LogP contribution in [0.1, 0.15) is 25.8 Å². The molecule has 2 heterocycles. The van der Waals surface area contributed by atoms with Crippen molar-refractivity contribution in [2.75, 3.05) is 6.61 Å². The SMILES string of the molecule is CC1OCCC1(C)NCc1cnn(C)c1. The minimum atomic E-state index is 0.107. The topological polar surface area (TPSA) is 39.1 Å². The van der Waals surface area contributed by atoms with E-state index in [1.807, 2.05) is 24.1 Å². The molecule has 0 amide bonds. The lowest BCUT2D eigenvalue weighted by molar-refractivity contribution is 0.0881. The van der Waals surface area contributed by atoms with Crippen molar-refractivity contribution in [3.05, 3.63) is 18.0 Å². The number of hydrogen-bond acceptors (Lipinski definition) is 3. The summed E-state index contributed by atoms with van der Waals surface area (Å²) < 4.78 is 7.41. The largest absolute Gasteiger partial charge is 0.377 e. The third kappa shape index (κ3) is 2.21. The zero-order valence-electron chi connectivity index (χ0n) is 9.66. The van der Waals surface area contributed by atoms with E-state index in [0.717, 1.165) is 19.6 Å². The van der Waals surface area contributed by atoms with Crippen molar-refractivity contribution in [1.82, 2.24) is 15.1 Å². The van der Waals surface area contributed by atoms with Crippen LogP contribution in [0.3, 0.4) is 0 Å². The van der Waals surface area contributed by atoms with Crippen molar-refractivity contribution in [2.45, 2.75) is 38.5 Å². The lowest BCUT2D eigenvalue weighted by Crippen LogP contribution is -2.47. The Morgan fingerprint density at radius 2 is 2.53 bits per heavy atom. The molecular weight excluding hydrogens is 190 g/mol. The fraction of sp³-hybridized carbons (Fsp3) is 0.727. The molecule has 15 heavy (non-hydrogen) atoms. The Kier molecular flexibility index (Phi) is 2.80. The minimum absolute atomic E-state index is 0.107. The molecule has 4 heteroatoms. The molecule has 0 saturated carbocycles. The van der Waals surface area contributed by atoms with E-state index in [9.17, 15) is 0 Å². The van der Waals surface area contributed by atoms with Gasteiger partial charge in [-0.25, -0.2) is 0 Å². The van der Waals surface area contributed by atoms with Crippen molar-refractivity contribution in [1.29, 1.82) is 0 Å². The van der Waals surface area contributed by atoms with Gasteiger partial charge in [0.15, 0.2) is 0 Å². The van der Waals surface area contributed by atoms with Crippen LogP contribution < -0.4 is 5.32 Å². The van der Waals surface area contributed by atoms with Crippen molar-refractivity contribution in [3.8, 4) is 0 Å². The first-order valence-electron chi connectivity index (χ1n) is 5.44. The van der Waals surface area contributed by atoms with Crippen molar-refractivity contribution >= 4 is 0 Å². The van der Waals surface area contributed by atoms with Gasteiger partial charge in [0.05, 0.1) is 12.3 Å². The highest BCUT2D eigenvalue weighted by atomic mass is 16.5. The molecule has 1 fully saturated rings. The molecular formula is C11H19N3O. The van der Waals surface area contributed by atoms with E-state index >= 15 is 0 Å². The van der Waals surface area contributed by atoms with Gasteiger partial charge in [0, 0.05) is 37.5 Å². The van der Waals surface area contributed by atoms with Gasteiger partial charge in [-0.2, -0.15) is 5.10 Å². The molecule has 84 valence electrons. The molecule has 0 spiro atoms. The summed E-state index contributed by atoms with van der Waals surface area (Å²) in [6.07, 6.45) is 5.30. The first-order valence-corrected chi connectivity index (χ1v) is 5.44. The van der Waals surface area contributed by atoms with Crippen LogP contribution in [0.15, 0.2) is 12.4 Å². The van der Waals surface area contributed by atoms with E-state index in [1.165, 1.54) is 5.56 Å². The second-order valence-corrected chi connectivity index (χ2v) is 4.56. The van der Waals surface area contributed by atoms with Gasteiger partial charge in [-0.05, 0) is 20.3 Å². The van der Waals surface area contributed by atoms with Crippen LogP contribution in [0.5, 0.6) is 0 Å². The van der Waals surface area contributed by atoms with Gasteiger partial charge in [-0.15, -0.1) is 0 Å². The molecule has 1 aromatic heterocycles. The summed E-state index contributed by atoms with van der Waals surface area (Å²) in [5, 5.41) is 7.71. The maximum absolute atomic E-state index is 5.58. The van der Waals surface area contributed by atoms with E-state index in [4.69, 9.17) is 4.74 Å². The van der Waals surface area contributed by atoms with Gasteiger partial charge >= 0.3 is 0 Å². The fourth-order valence-electron chi connectivity index (χ4n) is 1.93. The van der Waals surface area contributed by atoms with Crippen LogP contribution >= 0.6 is 0 Å². The molecule has 2 unspecified atom stereocenters. The molecule has 0 aromatic carbocycles. The normalized spacial score (nSPS) is 31.0. The van der Waals surface area contributed by atoms with Gasteiger partial charge < -0.3 is 10.1 Å². The van der Waals surface area contributed by atoms with Crippen molar-refractivity contribution in [2.24, 2.45) is 7.05 Å².